The van der Waals surface area contributed by atoms with Gasteiger partial charge in [0, 0.05) is 30.8 Å². The predicted molar refractivity (Wildman–Crippen MR) is 66.3 cm³/mol. The molecule has 1 aliphatic rings. The number of hydrogen-bond acceptors (Lipinski definition) is 6. The van der Waals surface area contributed by atoms with Crippen LogP contribution in [-0.4, -0.2) is 33.3 Å². The van der Waals surface area contributed by atoms with Gasteiger partial charge in [0.15, 0.2) is 5.82 Å². The smallest absolute Gasteiger partial charge is 0.243 e. The number of rotatable bonds is 4. The summed E-state index contributed by atoms with van der Waals surface area (Å²) >= 11 is 0. The highest BCUT2D eigenvalue weighted by Crippen LogP contribution is 2.24. The second-order valence-corrected chi connectivity index (χ2v) is 4.79. The largest absolute Gasteiger partial charge is 0.381 e. The van der Waals surface area contributed by atoms with Crippen LogP contribution in [0.3, 0.4) is 0 Å². The zero-order chi connectivity index (χ0) is 13.1. The van der Waals surface area contributed by atoms with Gasteiger partial charge in [-0.25, -0.2) is 4.98 Å². The van der Waals surface area contributed by atoms with Crippen LogP contribution in [0.4, 0.5) is 0 Å². The molecule has 0 aliphatic carbocycles. The molecule has 2 aromatic heterocycles. The summed E-state index contributed by atoms with van der Waals surface area (Å²) in [7, 11) is 0. The Hall–Kier alpha value is -1.73. The Balaban J connectivity index is 1.66. The summed E-state index contributed by atoms with van der Waals surface area (Å²) in [5.74, 6) is 1.40. The summed E-state index contributed by atoms with van der Waals surface area (Å²) in [5.41, 5.74) is 7.01. The predicted octanol–water partition coefficient (Wildman–Crippen LogP) is 0.929. The lowest BCUT2D eigenvalue weighted by atomic mass is 10.0. The summed E-state index contributed by atoms with van der Waals surface area (Å²) in [5, 5.41) is 4.02. The Kier molecular flexibility index (Phi) is 3.56. The van der Waals surface area contributed by atoms with Gasteiger partial charge in [-0.05, 0) is 12.8 Å². The van der Waals surface area contributed by atoms with E-state index < -0.39 is 0 Å². The lowest BCUT2D eigenvalue weighted by Crippen LogP contribution is -2.17. The molecular formula is C12H17N5O2. The molecule has 102 valence electrons. The maximum Gasteiger partial charge on any atom is 0.243 e. The molecule has 1 fully saturated rings. The molecule has 0 bridgehead atoms. The van der Waals surface area contributed by atoms with Gasteiger partial charge in [-0.2, -0.15) is 4.98 Å². The highest BCUT2D eigenvalue weighted by atomic mass is 16.5. The van der Waals surface area contributed by atoms with Gasteiger partial charge in [0.05, 0.1) is 19.0 Å². The van der Waals surface area contributed by atoms with Crippen LogP contribution in [0.1, 0.15) is 42.2 Å². The SMILES string of the molecule is NC(Cc1cnc[nH]1)c1nc(C2CCCOC2)no1. The van der Waals surface area contributed by atoms with E-state index in [4.69, 9.17) is 15.0 Å². The van der Waals surface area contributed by atoms with E-state index in [0.29, 0.717) is 24.7 Å². The van der Waals surface area contributed by atoms with E-state index in [2.05, 4.69) is 20.1 Å². The number of hydrogen-bond donors (Lipinski definition) is 2. The van der Waals surface area contributed by atoms with Crippen molar-refractivity contribution in [3.8, 4) is 0 Å². The molecule has 0 aromatic carbocycles. The maximum absolute atomic E-state index is 6.05. The number of aromatic nitrogens is 4. The first-order chi connectivity index (χ1) is 9.33. The molecule has 1 saturated heterocycles. The van der Waals surface area contributed by atoms with Gasteiger partial charge in [-0.1, -0.05) is 5.16 Å². The molecule has 3 heterocycles. The number of aromatic amines is 1. The molecule has 7 nitrogen and oxygen atoms in total. The fourth-order valence-corrected chi connectivity index (χ4v) is 2.23. The monoisotopic (exact) mass is 263 g/mol. The summed E-state index contributed by atoms with van der Waals surface area (Å²) in [6.07, 6.45) is 6.04. The van der Waals surface area contributed by atoms with Crippen molar-refractivity contribution < 1.29 is 9.26 Å². The molecule has 0 radical (unpaired) electrons. The van der Waals surface area contributed by atoms with Crippen LogP contribution in [0.2, 0.25) is 0 Å². The van der Waals surface area contributed by atoms with Crippen molar-refractivity contribution in [3.63, 3.8) is 0 Å². The molecule has 2 atom stereocenters. The van der Waals surface area contributed by atoms with Crippen LogP contribution in [0.25, 0.3) is 0 Å². The number of ether oxygens (including phenoxy) is 1. The van der Waals surface area contributed by atoms with E-state index in [1.165, 1.54) is 0 Å². The van der Waals surface area contributed by atoms with Gasteiger partial charge in [-0.3, -0.25) is 0 Å². The topological polar surface area (TPSA) is 103 Å². The lowest BCUT2D eigenvalue weighted by molar-refractivity contribution is 0.0773. The van der Waals surface area contributed by atoms with Gasteiger partial charge in [0.25, 0.3) is 0 Å². The van der Waals surface area contributed by atoms with Gasteiger partial charge in [0.2, 0.25) is 5.89 Å². The molecule has 0 spiro atoms. The Bertz CT molecular complexity index is 504. The van der Waals surface area contributed by atoms with Gasteiger partial charge >= 0.3 is 0 Å². The van der Waals surface area contributed by atoms with Crippen LogP contribution in [0, 0.1) is 0 Å². The zero-order valence-corrected chi connectivity index (χ0v) is 10.6. The minimum Gasteiger partial charge on any atom is -0.381 e. The first kappa shape index (κ1) is 12.3. The normalized spacial score (nSPS) is 21.4. The van der Waals surface area contributed by atoms with E-state index in [9.17, 15) is 0 Å². The van der Waals surface area contributed by atoms with E-state index in [1.54, 1.807) is 12.5 Å². The molecule has 19 heavy (non-hydrogen) atoms. The molecule has 0 amide bonds. The minimum atomic E-state index is -0.314. The van der Waals surface area contributed by atoms with Crippen molar-refractivity contribution in [1.29, 1.82) is 0 Å². The lowest BCUT2D eigenvalue weighted by Gasteiger charge is -2.18. The average Bonchev–Trinajstić information content (AvgIpc) is 3.10. The van der Waals surface area contributed by atoms with Crippen LogP contribution in [-0.2, 0) is 11.2 Å². The van der Waals surface area contributed by atoms with Crippen LogP contribution >= 0.6 is 0 Å². The second kappa shape index (κ2) is 5.50. The minimum absolute atomic E-state index is 0.227. The molecular weight excluding hydrogens is 246 g/mol. The van der Waals surface area contributed by atoms with Crippen molar-refractivity contribution in [1.82, 2.24) is 20.1 Å². The van der Waals surface area contributed by atoms with Gasteiger partial charge in [0.1, 0.15) is 0 Å². The molecule has 0 saturated carbocycles. The third-order valence-corrected chi connectivity index (χ3v) is 3.29. The zero-order valence-electron chi connectivity index (χ0n) is 10.6. The third-order valence-electron chi connectivity index (χ3n) is 3.29. The molecule has 1 aliphatic heterocycles. The average molecular weight is 263 g/mol. The van der Waals surface area contributed by atoms with Crippen molar-refractivity contribution in [3.05, 3.63) is 29.9 Å². The molecule has 3 N–H and O–H groups in total. The Labute approximate surface area is 110 Å². The van der Waals surface area contributed by atoms with Crippen LogP contribution < -0.4 is 5.73 Å². The van der Waals surface area contributed by atoms with Crippen molar-refractivity contribution in [2.75, 3.05) is 13.2 Å². The molecule has 7 heteroatoms. The van der Waals surface area contributed by atoms with E-state index in [1.807, 2.05) is 0 Å². The first-order valence-electron chi connectivity index (χ1n) is 6.47. The molecule has 2 unspecified atom stereocenters. The maximum atomic E-state index is 6.05. The van der Waals surface area contributed by atoms with E-state index in [-0.39, 0.29) is 12.0 Å². The Morgan fingerprint density at radius 1 is 1.53 bits per heavy atom. The number of imidazole rings is 1. The first-order valence-corrected chi connectivity index (χ1v) is 6.47. The third kappa shape index (κ3) is 2.82. The van der Waals surface area contributed by atoms with Crippen LogP contribution in [0.15, 0.2) is 17.0 Å². The van der Waals surface area contributed by atoms with E-state index >= 15 is 0 Å². The van der Waals surface area contributed by atoms with Crippen molar-refractivity contribution in [2.24, 2.45) is 5.73 Å². The second-order valence-electron chi connectivity index (χ2n) is 4.79. The Morgan fingerprint density at radius 2 is 2.47 bits per heavy atom. The molecule has 2 aromatic rings. The van der Waals surface area contributed by atoms with Crippen LogP contribution in [0.5, 0.6) is 0 Å². The highest BCUT2D eigenvalue weighted by molar-refractivity contribution is 5.04. The number of nitrogens with one attached hydrogen (secondary N) is 1. The summed E-state index contributed by atoms with van der Waals surface area (Å²) in [4.78, 5) is 11.4. The summed E-state index contributed by atoms with van der Waals surface area (Å²) in [6.45, 7) is 1.48. The highest BCUT2D eigenvalue weighted by Gasteiger charge is 2.23. The standard InChI is InChI=1S/C12H17N5O2/c13-10(4-9-5-14-7-15-9)12-16-11(17-19-12)8-2-1-3-18-6-8/h5,7-8,10H,1-4,6,13H2,(H,14,15). The fourth-order valence-electron chi connectivity index (χ4n) is 2.23. The number of H-pyrrole nitrogens is 1. The number of nitrogens with zero attached hydrogens (tertiary/aromatic N) is 3. The van der Waals surface area contributed by atoms with Crippen molar-refractivity contribution >= 4 is 0 Å². The number of nitrogens with two attached hydrogens (primary N) is 1. The quantitative estimate of drug-likeness (QED) is 0.850. The van der Waals surface area contributed by atoms with Crippen molar-refractivity contribution in [2.45, 2.75) is 31.2 Å². The fraction of sp³-hybridized carbons (Fsp3) is 0.583. The van der Waals surface area contributed by atoms with Gasteiger partial charge in [-0.15, -0.1) is 0 Å². The summed E-state index contributed by atoms with van der Waals surface area (Å²) in [6, 6.07) is -0.314. The Morgan fingerprint density at radius 3 is 3.21 bits per heavy atom. The molecule has 3 rings (SSSR count). The van der Waals surface area contributed by atoms with Gasteiger partial charge < -0.3 is 20.0 Å². The summed E-state index contributed by atoms with van der Waals surface area (Å²) < 4.78 is 10.7. The van der Waals surface area contributed by atoms with E-state index in [0.717, 1.165) is 25.1 Å².